The number of aromatic hydroxyl groups is 1. The van der Waals surface area contributed by atoms with E-state index in [0.29, 0.717) is 27.0 Å². The summed E-state index contributed by atoms with van der Waals surface area (Å²) in [4.78, 5) is 26.7. The molecule has 3 aromatic carbocycles. The Kier molecular flexibility index (Phi) is 7.19. The molecule has 0 atom stereocenters. The van der Waals surface area contributed by atoms with Gasteiger partial charge >= 0.3 is 0 Å². The highest BCUT2D eigenvalue weighted by Gasteiger charge is 2.35. The summed E-state index contributed by atoms with van der Waals surface area (Å²) in [7, 11) is 0. The molecule has 1 aliphatic heterocycles. The maximum absolute atomic E-state index is 12.9. The molecule has 0 aliphatic carbocycles. The van der Waals surface area contributed by atoms with E-state index in [4.69, 9.17) is 23.2 Å². The molecule has 0 bridgehead atoms. The number of hydrogen-bond donors (Lipinski definition) is 1. The molecule has 1 aliphatic rings. The molecule has 3 aromatic rings. The van der Waals surface area contributed by atoms with Crippen molar-refractivity contribution >= 4 is 79.5 Å². The average Bonchev–Trinajstić information content (AvgIpc) is 3.04. The molecule has 1 N–H and O–H groups in total. The van der Waals surface area contributed by atoms with Crippen LogP contribution in [-0.2, 0) is 11.3 Å². The van der Waals surface area contributed by atoms with Crippen LogP contribution in [0.1, 0.15) is 11.1 Å². The largest absolute Gasteiger partial charge is 0.507 e. The first-order valence-electron chi connectivity index (χ1n) is 9.50. The molecule has 4 rings (SSSR count). The lowest BCUT2D eigenvalue weighted by Gasteiger charge is -2.13. The summed E-state index contributed by atoms with van der Waals surface area (Å²) in [6.45, 7) is 0.144. The zero-order chi connectivity index (χ0) is 23.5. The quantitative estimate of drug-likeness (QED) is 0.251. The van der Waals surface area contributed by atoms with Crippen molar-refractivity contribution in [2.75, 3.05) is 0 Å². The van der Waals surface area contributed by atoms with Gasteiger partial charge in [0.2, 0.25) is 0 Å². The summed E-state index contributed by atoms with van der Waals surface area (Å²) in [5.41, 5.74) is 2.01. The van der Waals surface area contributed by atoms with E-state index in [9.17, 15) is 14.7 Å². The third-order valence-corrected chi connectivity index (χ3v) is 6.86. The zero-order valence-corrected chi connectivity index (χ0v) is 20.6. The fraction of sp³-hybridized carbons (Fsp3) is 0.0435. The number of benzene rings is 3. The molecule has 1 fully saturated rings. The van der Waals surface area contributed by atoms with Crippen LogP contribution >= 0.6 is 50.9 Å². The van der Waals surface area contributed by atoms with Crippen molar-refractivity contribution in [1.82, 2.24) is 4.90 Å². The molecule has 2 amide bonds. The molecule has 0 saturated carbocycles. The van der Waals surface area contributed by atoms with Gasteiger partial charge in [0.05, 0.1) is 22.2 Å². The van der Waals surface area contributed by atoms with Crippen LogP contribution < -0.4 is 0 Å². The number of imide groups is 1. The number of carbonyl (C=O) groups excluding carboxylic acids is 2. The summed E-state index contributed by atoms with van der Waals surface area (Å²) >= 11 is 16.2. The predicted molar refractivity (Wildman–Crippen MR) is 134 cm³/mol. The van der Waals surface area contributed by atoms with Crippen LogP contribution in [0.25, 0.3) is 6.08 Å². The van der Waals surface area contributed by atoms with Crippen molar-refractivity contribution in [1.29, 1.82) is 0 Å². The number of azo groups is 1. The van der Waals surface area contributed by atoms with Crippen molar-refractivity contribution in [3.05, 3.63) is 91.2 Å². The van der Waals surface area contributed by atoms with Gasteiger partial charge in [-0.05, 0) is 65.9 Å². The van der Waals surface area contributed by atoms with Crippen molar-refractivity contribution < 1.29 is 14.7 Å². The molecule has 1 saturated heterocycles. The standard InChI is InChI=1S/C23H14BrCl2N3O3S/c24-17-4-2-1-3-13(17)12-29-22(31)21(33-23(29)32)10-14-9-16(6-8-20(14)30)27-28-19-7-5-15(25)11-18(19)26/h1-11,30H,12H2/b21-10-,28-27?. The van der Waals surface area contributed by atoms with Crippen LogP contribution in [0.2, 0.25) is 10.0 Å². The Hall–Kier alpha value is -2.65. The molecule has 0 radical (unpaired) electrons. The SMILES string of the molecule is O=C1S/C(=C\c2cc(N=Nc3ccc(Cl)cc3Cl)ccc2O)C(=O)N1Cc1ccccc1Br. The van der Waals surface area contributed by atoms with Gasteiger partial charge in [-0.2, -0.15) is 5.11 Å². The minimum atomic E-state index is -0.430. The molecule has 0 spiro atoms. The summed E-state index contributed by atoms with van der Waals surface area (Å²) in [5.74, 6) is -0.490. The fourth-order valence-corrected chi connectivity index (χ4v) is 4.65. The lowest BCUT2D eigenvalue weighted by atomic mass is 10.1. The summed E-state index contributed by atoms with van der Waals surface area (Å²) in [6.07, 6.45) is 1.47. The maximum atomic E-state index is 12.9. The minimum absolute atomic E-state index is 0.0592. The van der Waals surface area contributed by atoms with E-state index < -0.39 is 5.91 Å². The monoisotopic (exact) mass is 561 g/mol. The molecule has 1 heterocycles. The number of nitrogens with zero attached hydrogens (tertiary/aromatic N) is 3. The van der Waals surface area contributed by atoms with E-state index in [-0.39, 0.29) is 22.4 Å². The number of phenols is 1. The Balaban J connectivity index is 1.57. The van der Waals surface area contributed by atoms with Crippen LogP contribution in [0.5, 0.6) is 5.75 Å². The Morgan fingerprint density at radius 3 is 2.58 bits per heavy atom. The lowest BCUT2D eigenvalue weighted by Crippen LogP contribution is -2.27. The Labute approximate surface area is 212 Å². The van der Waals surface area contributed by atoms with Gasteiger partial charge in [-0.1, -0.05) is 57.3 Å². The van der Waals surface area contributed by atoms with Crippen LogP contribution in [0.15, 0.2) is 80.3 Å². The average molecular weight is 563 g/mol. The predicted octanol–water partition coefficient (Wildman–Crippen LogP) is 8.11. The fourth-order valence-electron chi connectivity index (χ4n) is 2.97. The number of phenolic OH excluding ortho intramolecular Hbond substituents is 1. The maximum Gasteiger partial charge on any atom is 0.293 e. The smallest absolute Gasteiger partial charge is 0.293 e. The number of carbonyl (C=O) groups is 2. The highest BCUT2D eigenvalue weighted by atomic mass is 79.9. The highest BCUT2D eigenvalue weighted by Crippen LogP contribution is 2.36. The summed E-state index contributed by atoms with van der Waals surface area (Å²) in [5, 5.41) is 19.0. The van der Waals surface area contributed by atoms with E-state index in [0.717, 1.165) is 21.8 Å². The van der Waals surface area contributed by atoms with Gasteiger partial charge in [0.25, 0.3) is 11.1 Å². The topological polar surface area (TPSA) is 82.3 Å². The van der Waals surface area contributed by atoms with E-state index >= 15 is 0 Å². The van der Waals surface area contributed by atoms with Gasteiger partial charge in [0.1, 0.15) is 11.4 Å². The molecule has 10 heteroatoms. The van der Waals surface area contributed by atoms with E-state index in [2.05, 4.69) is 26.2 Å². The van der Waals surface area contributed by atoms with Crippen LogP contribution in [0.4, 0.5) is 16.2 Å². The first-order chi connectivity index (χ1) is 15.8. The number of rotatable bonds is 5. The van der Waals surface area contributed by atoms with Gasteiger partial charge in [-0.15, -0.1) is 5.11 Å². The molecule has 33 heavy (non-hydrogen) atoms. The Morgan fingerprint density at radius 1 is 1.03 bits per heavy atom. The van der Waals surface area contributed by atoms with Gasteiger partial charge in [0, 0.05) is 15.1 Å². The highest BCUT2D eigenvalue weighted by molar-refractivity contribution is 9.10. The van der Waals surface area contributed by atoms with Gasteiger partial charge in [-0.3, -0.25) is 14.5 Å². The second kappa shape index (κ2) is 10.1. The third kappa shape index (κ3) is 5.47. The van der Waals surface area contributed by atoms with Crippen molar-refractivity contribution in [3.63, 3.8) is 0 Å². The zero-order valence-electron chi connectivity index (χ0n) is 16.7. The van der Waals surface area contributed by atoms with Crippen molar-refractivity contribution in [2.24, 2.45) is 10.2 Å². The molecule has 6 nitrogen and oxygen atoms in total. The third-order valence-electron chi connectivity index (χ3n) is 4.64. The van der Waals surface area contributed by atoms with Crippen molar-refractivity contribution in [3.8, 4) is 5.75 Å². The van der Waals surface area contributed by atoms with Gasteiger partial charge in [-0.25, -0.2) is 0 Å². The summed E-state index contributed by atoms with van der Waals surface area (Å²) in [6, 6.07) is 16.8. The van der Waals surface area contributed by atoms with E-state index in [1.54, 1.807) is 30.3 Å². The molecular weight excluding hydrogens is 549 g/mol. The summed E-state index contributed by atoms with van der Waals surface area (Å²) < 4.78 is 0.810. The van der Waals surface area contributed by atoms with Crippen LogP contribution in [0, 0.1) is 0 Å². The number of hydrogen-bond acceptors (Lipinski definition) is 6. The van der Waals surface area contributed by atoms with Crippen LogP contribution in [-0.4, -0.2) is 21.2 Å². The minimum Gasteiger partial charge on any atom is -0.507 e. The first-order valence-corrected chi connectivity index (χ1v) is 11.9. The second-order valence-corrected chi connectivity index (χ2v) is 9.59. The van der Waals surface area contributed by atoms with Crippen molar-refractivity contribution in [2.45, 2.75) is 6.54 Å². The number of halogens is 3. The second-order valence-electron chi connectivity index (χ2n) is 6.90. The number of thioether (sulfide) groups is 1. The molecule has 0 aromatic heterocycles. The Bertz CT molecular complexity index is 1330. The van der Waals surface area contributed by atoms with Crippen LogP contribution in [0.3, 0.4) is 0 Å². The van der Waals surface area contributed by atoms with Gasteiger partial charge < -0.3 is 5.11 Å². The first kappa shape index (κ1) is 23.5. The van der Waals surface area contributed by atoms with E-state index in [1.165, 1.54) is 17.0 Å². The molecule has 166 valence electrons. The lowest BCUT2D eigenvalue weighted by molar-refractivity contribution is -0.123. The van der Waals surface area contributed by atoms with Gasteiger partial charge in [0.15, 0.2) is 0 Å². The number of amides is 2. The normalized spacial score (nSPS) is 15.2. The van der Waals surface area contributed by atoms with E-state index in [1.807, 2.05) is 24.3 Å². The Morgan fingerprint density at radius 2 is 1.82 bits per heavy atom. The molecular formula is C23H14BrCl2N3O3S. The molecule has 0 unspecified atom stereocenters.